The lowest BCUT2D eigenvalue weighted by Crippen LogP contribution is -2.47. The third-order valence-corrected chi connectivity index (χ3v) is 6.52. The second kappa shape index (κ2) is 6.98. The minimum absolute atomic E-state index is 0.0981. The molecule has 1 aromatic rings. The lowest BCUT2D eigenvalue weighted by atomic mass is 9.49. The Balaban J connectivity index is 1.30. The van der Waals surface area contributed by atoms with Crippen LogP contribution in [0.25, 0.3) is 0 Å². The van der Waals surface area contributed by atoms with Crippen LogP contribution in [0.1, 0.15) is 55.3 Å². The van der Waals surface area contributed by atoms with Gasteiger partial charge in [0, 0.05) is 0 Å². The van der Waals surface area contributed by atoms with Crippen LogP contribution in [-0.2, 0) is 14.3 Å². The van der Waals surface area contributed by atoms with Crippen molar-refractivity contribution in [3.63, 3.8) is 0 Å². The lowest BCUT2D eigenvalue weighted by molar-refractivity contribution is -0.154. The van der Waals surface area contributed by atoms with Crippen LogP contribution in [0.5, 0.6) is 0 Å². The molecule has 0 spiro atoms. The van der Waals surface area contributed by atoms with Crippen LogP contribution < -0.4 is 11.1 Å². The van der Waals surface area contributed by atoms with E-state index in [9.17, 15) is 14.4 Å². The molecule has 4 fully saturated rings. The average molecular weight is 370 g/mol. The molecule has 5 rings (SSSR count). The molecule has 0 saturated heterocycles. The molecule has 3 N–H and O–H groups in total. The number of carbonyl (C=O) groups excluding carboxylic acids is 3. The predicted octanol–water partition coefficient (Wildman–Crippen LogP) is 2.87. The van der Waals surface area contributed by atoms with Crippen molar-refractivity contribution in [3.05, 3.63) is 29.8 Å². The van der Waals surface area contributed by atoms with E-state index in [0.717, 1.165) is 37.0 Å². The zero-order valence-electron chi connectivity index (χ0n) is 15.4. The second-order valence-corrected chi connectivity index (χ2v) is 8.71. The number of amides is 2. The number of esters is 1. The zero-order valence-corrected chi connectivity index (χ0v) is 15.4. The van der Waals surface area contributed by atoms with Gasteiger partial charge in [0.1, 0.15) is 0 Å². The van der Waals surface area contributed by atoms with E-state index < -0.39 is 11.8 Å². The van der Waals surface area contributed by atoms with Gasteiger partial charge >= 0.3 is 5.97 Å². The van der Waals surface area contributed by atoms with Crippen molar-refractivity contribution in [1.82, 2.24) is 0 Å². The first-order chi connectivity index (χ1) is 12.9. The Labute approximate surface area is 158 Å². The number of benzene rings is 1. The van der Waals surface area contributed by atoms with Gasteiger partial charge in [-0.15, -0.1) is 0 Å². The van der Waals surface area contributed by atoms with E-state index in [1.807, 2.05) is 0 Å². The third-order valence-electron chi connectivity index (χ3n) is 6.52. The Hall–Kier alpha value is -2.37. The van der Waals surface area contributed by atoms with Crippen LogP contribution in [0.15, 0.2) is 24.3 Å². The molecule has 6 nitrogen and oxygen atoms in total. The molecule has 6 heteroatoms. The highest BCUT2D eigenvalue weighted by molar-refractivity contribution is 6.03. The first kappa shape index (κ1) is 18.0. The standard InChI is InChI=1S/C21H26N2O4/c22-20(26)16-3-1-2-4-17(16)23-18(24)12-27-19(25)11-21-8-13-5-14(9-21)7-15(6-13)10-21/h1-4,13-15H,5-12H2,(H2,22,26)(H,23,24). The minimum atomic E-state index is -0.621. The Bertz CT molecular complexity index is 738. The summed E-state index contributed by atoms with van der Waals surface area (Å²) < 4.78 is 5.25. The fraction of sp³-hybridized carbons (Fsp3) is 0.571. The number of primary amides is 1. The normalized spacial score (nSPS) is 30.7. The summed E-state index contributed by atoms with van der Waals surface area (Å²) in [5.41, 5.74) is 5.95. The van der Waals surface area contributed by atoms with Gasteiger partial charge in [-0.3, -0.25) is 14.4 Å². The number of anilines is 1. The Morgan fingerprint density at radius 1 is 1.04 bits per heavy atom. The Kier molecular flexibility index (Phi) is 4.66. The highest BCUT2D eigenvalue weighted by Gasteiger charge is 2.51. The lowest BCUT2D eigenvalue weighted by Gasteiger charge is -2.56. The molecule has 1 aromatic carbocycles. The molecule has 0 unspecified atom stereocenters. The summed E-state index contributed by atoms with van der Waals surface area (Å²) in [5, 5.41) is 2.59. The average Bonchev–Trinajstić information content (AvgIpc) is 2.58. The summed E-state index contributed by atoms with van der Waals surface area (Å²) in [6, 6.07) is 6.49. The summed E-state index contributed by atoms with van der Waals surface area (Å²) in [5.74, 6) is 0.940. The number of nitrogens with one attached hydrogen (secondary N) is 1. The predicted molar refractivity (Wildman–Crippen MR) is 99.8 cm³/mol. The number of para-hydroxylation sites is 1. The molecule has 0 aliphatic heterocycles. The molecule has 0 radical (unpaired) electrons. The van der Waals surface area contributed by atoms with Gasteiger partial charge < -0.3 is 15.8 Å². The van der Waals surface area contributed by atoms with Crippen molar-refractivity contribution < 1.29 is 19.1 Å². The maximum atomic E-state index is 12.4. The number of rotatable bonds is 6. The van der Waals surface area contributed by atoms with Crippen molar-refractivity contribution in [2.75, 3.05) is 11.9 Å². The molecular formula is C21H26N2O4. The van der Waals surface area contributed by atoms with E-state index in [4.69, 9.17) is 10.5 Å². The molecule has 2 amide bonds. The van der Waals surface area contributed by atoms with Gasteiger partial charge in [0.15, 0.2) is 6.61 Å². The quantitative estimate of drug-likeness (QED) is 0.752. The monoisotopic (exact) mass is 370 g/mol. The summed E-state index contributed by atoms with van der Waals surface area (Å²) in [4.78, 5) is 35.9. The van der Waals surface area contributed by atoms with E-state index in [1.54, 1.807) is 18.2 Å². The van der Waals surface area contributed by atoms with Crippen LogP contribution in [0.3, 0.4) is 0 Å². The highest BCUT2D eigenvalue weighted by Crippen LogP contribution is 2.61. The summed E-state index contributed by atoms with van der Waals surface area (Å²) >= 11 is 0. The van der Waals surface area contributed by atoms with Gasteiger partial charge in [-0.1, -0.05) is 12.1 Å². The molecule has 0 atom stereocenters. The number of nitrogens with two attached hydrogens (primary N) is 1. The summed E-state index contributed by atoms with van der Waals surface area (Å²) in [6.07, 6.45) is 7.80. The first-order valence-corrected chi connectivity index (χ1v) is 9.77. The summed E-state index contributed by atoms with van der Waals surface area (Å²) in [7, 11) is 0. The molecular weight excluding hydrogens is 344 g/mol. The molecule has 4 aliphatic carbocycles. The van der Waals surface area contributed by atoms with Gasteiger partial charge in [-0.25, -0.2) is 0 Å². The van der Waals surface area contributed by atoms with Crippen molar-refractivity contribution in [3.8, 4) is 0 Å². The van der Waals surface area contributed by atoms with E-state index in [2.05, 4.69) is 5.32 Å². The van der Waals surface area contributed by atoms with Gasteiger partial charge in [0.25, 0.3) is 11.8 Å². The van der Waals surface area contributed by atoms with Crippen LogP contribution in [-0.4, -0.2) is 24.4 Å². The highest BCUT2D eigenvalue weighted by atomic mass is 16.5. The molecule has 4 bridgehead atoms. The molecule has 0 heterocycles. The van der Waals surface area contributed by atoms with Gasteiger partial charge in [-0.05, 0) is 73.8 Å². The maximum Gasteiger partial charge on any atom is 0.306 e. The smallest absolute Gasteiger partial charge is 0.306 e. The summed E-state index contributed by atoms with van der Waals surface area (Å²) in [6.45, 7) is -0.349. The molecule has 0 aromatic heterocycles. The van der Waals surface area contributed by atoms with E-state index in [1.165, 1.54) is 25.3 Å². The van der Waals surface area contributed by atoms with Crippen molar-refractivity contribution in [1.29, 1.82) is 0 Å². The van der Waals surface area contributed by atoms with Crippen LogP contribution in [0.2, 0.25) is 0 Å². The number of hydrogen-bond donors (Lipinski definition) is 2. The molecule has 4 saturated carbocycles. The maximum absolute atomic E-state index is 12.4. The van der Waals surface area contributed by atoms with Crippen LogP contribution >= 0.6 is 0 Å². The number of hydrogen-bond acceptors (Lipinski definition) is 4. The van der Waals surface area contributed by atoms with Gasteiger partial charge in [-0.2, -0.15) is 0 Å². The van der Waals surface area contributed by atoms with Gasteiger partial charge in [0.2, 0.25) is 0 Å². The topological polar surface area (TPSA) is 98.5 Å². The van der Waals surface area contributed by atoms with Crippen molar-refractivity contribution in [2.45, 2.75) is 44.9 Å². The molecule has 144 valence electrons. The third kappa shape index (κ3) is 3.84. The fourth-order valence-corrected chi connectivity index (χ4v) is 6.00. The van der Waals surface area contributed by atoms with Crippen molar-refractivity contribution >= 4 is 23.5 Å². The second-order valence-electron chi connectivity index (χ2n) is 8.71. The fourth-order valence-electron chi connectivity index (χ4n) is 6.00. The number of ether oxygens (including phenoxy) is 1. The Morgan fingerprint density at radius 3 is 2.22 bits per heavy atom. The Morgan fingerprint density at radius 2 is 1.63 bits per heavy atom. The van der Waals surface area contributed by atoms with Crippen LogP contribution in [0, 0.1) is 23.2 Å². The number of carbonyl (C=O) groups is 3. The van der Waals surface area contributed by atoms with Gasteiger partial charge in [0.05, 0.1) is 17.7 Å². The van der Waals surface area contributed by atoms with Crippen molar-refractivity contribution in [2.24, 2.45) is 28.9 Å². The SMILES string of the molecule is NC(=O)c1ccccc1NC(=O)COC(=O)CC12CC3CC(CC(C3)C1)C2. The molecule has 4 aliphatic rings. The largest absolute Gasteiger partial charge is 0.456 e. The molecule has 27 heavy (non-hydrogen) atoms. The first-order valence-electron chi connectivity index (χ1n) is 9.77. The van der Waals surface area contributed by atoms with E-state index >= 15 is 0 Å². The minimum Gasteiger partial charge on any atom is -0.456 e. The zero-order chi connectivity index (χ0) is 19.0. The van der Waals surface area contributed by atoms with E-state index in [0.29, 0.717) is 12.1 Å². The van der Waals surface area contributed by atoms with E-state index in [-0.39, 0.29) is 23.6 Å². The van der Waals surface area contributed by atoms with Crippen LogP contribution in [0.4, 0.5) is 5.69 Å².